The van der Waals surface area contributed by atoms with Gasteiger partial charge in [0.05, 0.1) is 23.2 Å². The summed E-state index contributed by atoms with van der Waals surface area (Å²) in [6.07, 6.45) is 0.609. The minimum atomic E-state index is -0.350. The van der Waals surface area contributed by atoms with Crippen molar-refractivity contribution >= 4 is 34.3 Å². The van der Waals surface area contributed by atoms with Crippen LogP contribution in [0, 0.1) is 0 Å². The number of para-hydroxylation sites is 2. The predicted molar refractivity (Wildman–Crippen MR) is 96.7 cm³/mol. The lowest BCUT2D eigenvalue weighted by Gasteiger charge is -2.16. The first-order chi connectivity index (χ1) is 12.2. The van der Waals surface area contributed by atoms with Crippen LogP contribution in [0.5, 0.6) is 0 Å². The topological polar surface area (TPSA) is 73.2 Å². The minimum Gasteiger partial charge on any atom is -0.465 e. The smallest absolute Gasteiger partial charge is 0.319 e. The van der Waals surface area contributed by atoms with E-state index >= 15 is 0 Å². The van der Waals surface area contributed by atoms with E-state index in [2.05, 4.69) is 10.4 Å². The van der Waals surface area contributed by atoms with Crippen LogP contribution < -0.4 is 11.0 Å². The average molecular weight is 353 g/mol. The average Bonchev–Trinajstić information content (AvgIpc) is 3.04. The van der Waals surface area contributed by atoms with Crippen molar-refractivity contribution in [3.63, 3.8) is 0 Å². The summed E-state index contributed by atoms with van der Waals surface area (Å²) in [7, 11) is 0. The van der Waals surface area contributed by atoms with E-state index in [-0.39, 0.29) is 16.8 Å². The van der Waals surface area contributed by atoms with Crippen molar-refractivity contribution < 1.29 is 9.53 Å². The standard InChI is InChI=1S/C18H15N3O3S/c22-16-13-8-4-5-9-14(13)19-18(25-15-10-11-24-17(15)23)21(16)20-12-6-2-1-3-7-12/h1-9,15,20H,10-11H2/t15-/m0/s1. The van der Waals surface area contributed by atoms with Crippen molar-refractivity contribution in [1.82, 2.24) is 9.66 Å². The lowest BCUT2D eigenvalue weighted by atomic mass is 10.2. The number of nitrogens with zero attached hydrogens (tertiary/aromatic N) is 2. The van der Waals surface area contributed by atoms with Crippen LogP contribution in [0.1, 0.15) is 6.42 Å². The molecule has 126 valence electrons. The molecule has 0 aliphatic carbocycles. The Morgan fingerprint density at radius 1 is 1.08 bits per heavy atom. The van der Waals surface area contributed by atoms with Crippen LogP contribution in [0.15, 0.2) is 64.5 Å². The van der Waals surface area contributed by atoms with Gasteiger partial charge in [0.2, 0.25) is 0 Å². The largest absolute Gasteiger partial charge is 0.465 e. The van der Waals surface area contributed by atoms with Crippen molar-refractivity contribution in [2.75, 3.05) is 12.0 Å². The number of hydrogen-bond acceptors (Lipinski definition) is 6. The van der Waals surface area contributed by atoms with Crippen LogP contribution in [0.25, 0.3) is 10.9 Å². The third-order valence-corrected chi connectivity index (χ3v) is 5.09. The van der Waals surface area contributed by atoms with Crippen LogP contribution in [-0.2, 0) is 9.53 Å². The zero-order valence-electron chi connectivity index (χ0n) is 13.2. The fourth-order valence-electron chi connectivity index (χ4n) is 2.64. The van der Waals surface area contributed by atoms with Gasteiger partial charge in [-0.25, -0.2) is 4.98 Å². The Balaban J connectivity index is 1.82. The van der Waals surface area contributed by atoms with E-state index in [1.807, 2.05) is 36.4 Å². The molecule has 2 aromatic carbocycles. The lowest BCUT2D eigenvalue weighted by Crippen LogP contribution is -2.30. The number of benzene rings is 2. The highest BCUT2D eigenvalue weighted by Gasteiger charge is 2.29. The van der Waals surface area contributed by atoms with E-state index in [0.29, 0.717) is 29.1 Å². The third-order valence-electron chi connectivity index (χ3n) is 3.89. The summed E-state index contributed by atoms with van der Waals surface area (Å²) in [6.45, 7) is 0.403. The number of anilines is 1. The summed E-state index contributed by atoms with van der Waals surface area (Å²) in [6, 6.07) is 16.6. The number of carbonyl (C=O) groups excluding carboxylic acids is 1. The van der Waals surface area contributed by atoms with Crippen molar-refractivity contribution in [3.05, 3.63) is 65.0 Å². The molecule has 0 spiro atoms. The van der Waals surface area contributed by atoms with E-state index in [1.165, 1.54) is 16.4 Å². The summed E-state index contributed by atoms with van der Waals surface area (Å²) in [5.41, 5.74) is 4.25. The fraction of sp³-hybridized carbons (Fsp3) is 0.167. The van der Waals surface area contributed by atoms with E-state index in [0.717, 1.165) is 5.69 Å². The first-order valence-corrected chi connectivity index (χ1v) is 8.77. The molecule has 0 saturated carbocycles. The number of thioether (sulfide) groups is 1. The Morgan fingerprint density at radius 3 is 2.60 bits per heavy atom. The first kappa shape index (κ1) is 15.7. The van der Waals surface area contributed by atoms with E-state index in [9.17, 15) is 9.59 Å². The van der Waals surface area contributed by atoms with Crippen molar-refractivity contribution in [2.24, 2.45) is 0 Å². The van der Waals surface area contributed by atoms with Gasteiger partial charge < -0.3 is 4.74 Å². The van der Waals surface area contributed by atoms with Gasteiger partial charge in [-0.2, -0.15) is 4.68 Å². The maximum Gasteiger partial charge on any atom is 0.319 e. The van der Waals surface area contributed by atoms with E-state index < -0.39 is 0 Å². The molecule has 1 N–H and O–H groups in total. The maximum absolute atomic E-state index is 12.9. The molecule has 1 atom stereocenters. The summed E-state index contributed by atoms with van der Waals surface area (Å²) in [4.78, 5) is 29.3. The Hall–Kier alpha value is -2.80. The summed E-state index contributed by atoms with van der Waals surface area (Å²) < 4.78 is 6.41. The van der Waals surface area contributed by atoms with Crippen LogP contribution >= 0.6 is 11.8 Å². The molecule has 2 heterocycles. The van der Waals surface area contributed by atoms with Gasteiger partial charge in [-0.3, -0.25) is 15.0 Å². The predicted octanol–water partition coefficient (Wildman–Crippen LogP) is 2.68. The minimum absolute atomic E-state index is 0.205. The molecule has 7 heteroatoms. The van der Waals surface area contributed by atoms with Crippen LogP contribution in [0.2, 0.25) is 0 Å². The molecule has 4 rings (SSSR count). The number of hydrogen-bond donors (Lipinski definition) is 1. The molecule has 0 bridgehead atoms. The zero-order valence-corrected chi connectivity index (χ0v) is 14.0. The highest BCUT2D eigenvalue weighted by atomic mass is 32.2. The monoisotopic (exact) mass is 353 g/mol. The second-order valence-electron chi connectivity index (χ2n) is 5.59. The molecule has 0 amide bonds. The molecular weight excluding hydrogens is 338 g/mol. The highest BCUT2D eigenvalue weighted by molar-refractivity contribution is 8.00. The number of rotatable bonds is 4. The third kappa shape index (κ3) is 3.10. The maximum atomic E-state index is 12.9. The molecule has 6 nitrogen and oxygen atoms in total. The Bertz CT molecular complexity index is 988. The second-order valence-corrected chi connectivity index (χ2v) is 6.76. The number of cyclic esters (lactones) is 1. The molecule has 1 fully saturated rings. The van der Waals surface area contributed by atoms with Gasteiger partial charge in [0.1, 0.15) is 5.25 Å². The van der Waals surface area contributed by atoms with Gasteiger partial charge >= 0.3 is 5.97 Å². The molecule has 1 saturated heterocycles. The number of esters is 1. The Morgan fingerprint density at radius 2 is 1.84 bits per heavy atom. The quantitative estimate of drug-likeness (QED) is 0.574. The zero-order chi connectivity index (χ0) is 17.2. The number of ether oxygens (including phenoxy) is 1. The van der Waals surface area contributed by atoms with Crippen LogP contribution in [0.4, 0.5) is 5.69 Å². The summed E-state index contributed by atoms with van der Waals surface area (Å²) in [5.74, 6) is -0.265. The molecule has 0 radical (unpaired) electrons. The molecule has 3 aromatic rings. The van der Waals surface area contributed by atoms with Crippen LogP contribution in [0.3, 0.4) is 0 Å². The normalized spacial score (nSPS) is 16.8. The molecule has 1 aliphatic rings. The van der Waals surface area contributed by atoms with Crippen molar-refractivity contribution in [3.8, 4) is 0 Å². The second kappa shape index (κ2) is 6.60. The number of fused-ring (bicyclic) bond motifs is 1. The Kier molecular flexibility index (Phi) is 4.15. The highest BCUT2D eigenvalue weighted by Crippen LogP contribution is 2.28. The van der Waals surface area contributed by atoms with Gasteiger partial charge in [-0.05, 0) is 24.3 Å². The molecule has 1 aliphatic heterocycles. The Labute approximate surface area is 147 Å². The SMILES string of the molecule is O=C1OCC[C@@H]1Sc1nc2ccccc2c(=O)n1Nc1ccccc1. The van der Waals surface area contributed by atoms with Gasteiger partial charge in [0.25, 0.3) is 5.56 Å². The molecule has 0 unspecified atom stereocenters. The molecular formula is C18H15N3O3S. The fourth-order valence-corrected chi connectivity index (χ4v) is 3.66. The van der Waals surface area contributed by atoms with Crippen LogP contribution in [-0.4, -0.2) is 27.5 Å². The summed E-state index contributed by atoms with van der Waals surface area (Å²) in [5, 5.41) is 0.609. The van der Waals surface area contributed by atoms with Gasteiger partial charge in [-0.1, -0.05) is 42.1 Å². The number of aromatic nitrogens is 2. The molecule has 1 aromatic heterocycles. The van der Waals surface area contributed by atoms with Crippen molar-refractivity contribution in [1.29, 1.82) is 0 Å². The number of carbonyl (C=O) groups is 1. The number of nitrogens with one attached hydrogen (secondary N) is 1. The first-order valence-electron chi connectivity index (χ1n) is 7.89. The molecule has 25 heavy (non-hydrogen) atoms. The van der Waals surface area contributed by atoms with E-state index in [1.54, 1.807) is 18.2 Å². The van der Waals surface area contributed by atoms with E-state index in [4.69, 9.17) is 4.74 Å². The van der Waals surface area contributed by atoms with Gasteiger partial charge in [-0.15, -0.1) is 0 Å². The van der Waals surface area contributed by atoms with Gasteiger partial charge in [0, 0.05) is 6.42 Å². The lowest BCUT2D eigenvalue weighted by molar-refractivity contribution is -0.137. The summed E-state index contributed by atoms with van der Waals surface area (Å²) >= 11 is 1.25. The van der Waals surface area contributed by atoms with Gasteiger partial charge in [0.15, 0.2) is 5.16 Å². The van der Waals surface area contributed by atoms with Crippen molar-refractivity contribution in [2.45, 2.75) is 16.8 Å².